The normalized spacial score (nSPS) is 19.9. The van der Waals surface area contributed by atoms with E-state index in [9.17, 15) is 9.59 Å². The van der Waals surface area contributed by atoms with E-state index >= 15 is 0 Å². The molecule has 2 aliphatic rings. The van der Waals surface area contributed by atoms with Crippen molar-refractivity contribution in [2.45, 2.75) is 13.5 Å². The standard InChI is InChI=1S/C20H29N3O4/c1-16(13-21-8-10-27-11-9-21)20(25)23-7-6-22(19(24)15-23)14-17-4-3-5-18(12-17)26-2/h3-5,12,16H,6-11,13-15H2,1-2H3. The van der Waals surface area contributed by atoms with Gasteiger partial charge < -0.3 is 19.3 Å². The van der Waals surface area contributed by atoms with Crippen LogP contribution in [-0.2, 0) is 20.9 Å². The highest BCUT2D eigenvalue weighted by molar-refractivity contribution is 5.87. The number of amides is 2. The second-order valence-electron chi connectivity index (χ2n) is 7.24. The van der Waals surface area contributed by atoms with Crippen LogP contribution in [0.3, 0.4) is 0 Å². The van der Waals surface area contributed by atoms with E-state index < -0.39 is 0 Å². The summed E-state index contributed by atoms with van der Waals surface area (Å²) in [5.41, 5.74) is 1.03. The van der Waals surface area contributed by atoms with E-state index in [1.54, 1.807) is 12.0 Å². The zero-order valence-electron chi connectivity index (χ0n) is 16.2. The Labute approximate surface area is 160 Å². The van der Waals surface area contributed by atoms with Crippen LogP contribution in [0, 0.1) is 5.92 Å². The molecule has 1 unspecified atom stereocenters. The molecule has 1 aromatic carbocycles. The van der Waals surface area contributed by atoms with Gasteiger partial charge in [-0.2, -0.15) is 0 Å². The van der Waals surface area contributed by atoms with Gasteiger partial charge in [-0.25, -0.2) is 0 Å². The van der Waals surface area contributed by atoms with Crippen molar-refractivity contribution in [3.05, 3.63) is 29.8 Å². The summed E-state index contributed by atoms with van der Waals surface area (Å²) in [6.07, 6.45) is 0. The lowest BCUT2D eigenvalue weighted by molar-refractivity contribution is -0.148. The molecule has 7 heteroatoms. The van der Waals surface area contributed by atoms with Crippen molar-refractivity contribution in [2.75, 3.05) is 59.6 Å². The Morgan fingerprint density at radius 3 is 2.70 bits per heavy atom. The summed E-state index contributed by atoms with van der Waals surface area (Å²) in [7, 11) is 1.63. The van der Waals surface area contributed by atoms with E-state index in [1.165, 1.54) is 0 Å². The minimum Gasteiger partial charge on any atom is -0.497 e. The molecular formula is C20H29N3O4. The number of methoxy groups -OCH3 is 1. The van der Waals surface area contributed by atoms with Gasteiger partial charge in [0.05, 0.1) is 26.9 Å². The van der Waals surface area contributed by atoms with E-state index in [1.807, 2.05) is 36.1 Å². The smallest absolute Gasteiger partial charge is 0.242 e. The zero-order valence-corrected chi connectivity index (χ0v) is 16.2. The molecule has 0 saturated carbocycles. The Bertz CT molecular complexity index is 660. The maximum absolute atomic E-state index is 12.7. The van der Waals surface area contributed by atoms with Crippen molar-refractivity contribution in [1.29, 1.82) is 0 Å². The Hall–Kier alpha value is -2.12. The zero-order chi connectivity index (χ0) is 19.2. The average Bonchev–Trinajstić information content (AvgIpc) is 2.70. The Kier molecular flexibility index (Phi) is 6.68. The third-order valence-electron chi connectivity index (χ3n) is 5.20. The molecule has 3 rings (SSSR count). The Morgan fingerprint density at radius 1 is 1.22 bits per heavy atom. The predicted octanol–water partition coefficient (Wildman–Crippen LogP) is 0.834. The fourth-order valence-corrected chi connectivity index (χ4v) is 3.62. The van der Waals surface area contributed by atoms with Gasteiger partial charge >= 0.3 is 0 Å². The van der Waals surface area contributed by atoms with Crippen molar-refractivity contribution in [2.24, 2.45) is 5.92 Å². The van der Waals surface area contributed by atoms with Crippen LogP contribution in [0.2, 0.25) is 0 Å². The highest BCUT2D eigenvalue weighted by Crippen LogP contribution is 2.17. The van der Waals surface area contributed by atoms with Crippen LogP contribution in [0.5, 0.6) is 5.75 Å². The van der Waals surface area contributed by atoms with Crippen LogP contribution in [0.1, 0.15) is 12.5 Å². The van der Waals surface area contributed by atoms with Gasteiger partial charge in [0.15, 0.2) is 0 Å². The molecule has 27 heavy (non-hydrogen) atoms. The van der Waals surface area contributed by atoms with Crippen LogP contribution < -0.4 is 4.74 Å². The molecule has 148 valence electrons. The summed E-state index contributed by atoms with van der Waals surface area (Å²) in [6.45, 7) is 7.71. The SMILES string of the molecule is COc1cccc(CN2CCN(C(=O)C(C)CN3CCOCC3)CC2=O)c1. The fraction of sp³-hybridized carbons (Fsp3) is 0.600. The first-order chi connectivity index (χ1) is 13.1. The lowest BCUT2D eigenvalue weighted by Gasteiger charge is -2.36. The minimum absolute atomic E-state index is 0.00371. The fourth-order valence-electron chi connectivity index (χ4n) is 3.62. The van der Waals surface area contributed by atoms with Crippen LogP contribution in [0.15, 0.2) is 24.3 Å². The number of carbonyl (C=O) groups excluding carboxylic acids is 2. The van der Waals surface area contributed by atoms with E-state index in [4.69, 9.17) is 9.47 Å². The molecular weight excluding hydrogens is 346 g/mol. The number of piperazine rings is 1. The second kappa shape index (κ2) is 9.19. The third kappa shape index (κ3) is 5.20. The molecule has 0 bridgehead atoms. The first-order valence-corrected chi connectivity index (χ1v) is 9.56. The van der Waals surface area contributed by atoms with Gasteiger partial charge in [-0.15, -0.1) is 0 Å². The Morgan fingerprint density at radius 2 is 2.00 bits per heavy atom. The molecule has 1 aromatic rings. The lowest BCUT2D eigenvalue weighted by Crippen LogP contribution is -2.54. The van der Waals surface area contributed by atoms with E-state index in [2.05, 4.69) is 4.90 Å². The third-order valence-corrected chi connectivity index (χ3v) is 5.20. The van der Waals surface area contributed by atoms with Gasteiger partial charge in [0, 0.05) is 45.2 Å². The molecule has 2 saturated heterocycles. The molecule has 2 aliphatic heterocycles. The highest BCUT2D eigenvalue weighted by Gasteiger charge is 2.30. The molecule has 7 nitrogen and oxygen atoms in total. The van der Waals surface area contributed by atoms with Crippen molar-refractivity contribution in [1.82, 2.24) is 14.7 Å². The average molecular weight is 375 g/mol. The summed E-state index contributed by atoms with van der Waals surface area (Å²) in [5.74, 6) is 0.735. The van der Waals surface area contributed by atoms with Crippen molar-refractivity contribution in [3.63, 3.8) is 0 Å². The van der Waals surface area contributed by atoms with Gasteiger partial charge in [0.2, 0.25) is 11.8 Å². The van der Waals surface area contributed by atoms with E-state index in [-0.39, 0.29) is 24.3 Å². The van der Waals surface area contributed by atoms with E-state index in [0.717, 1.165) is 44.2 Å². The molecule has 2 amide bonds. The maximum atomic E-state index is 12.7. The maximum Gasteiger partial charge on any atom is 0.242 e. The number of rotatable bonds is 6. The first-order valence-electron chi connectivity index (χ1n) is 9.56. The molecule has 0 radical (unpaired) electrons. The molecule has 1 atom stereocenters. The number of hydrogen-bond acceptors (Lipinski definition) is 5. The highest BCUT2D eigenvalue weighted by atomic mass is 16.5. The number of carbonyl (C=O) groups is 2. The number of benzene rings is 1. The molecule has 0 N–H and O–H groups in total. The first kappa shape index (κ1) is 19.6. The molecule has 2 fully saturated rings. The monoisotopic (exact) mass is 375 g/mol. The van der Waals surface area contributed by atoms with Crippen molar-refractivity contribution >= 4 is 11.8 Å². The van der Waals surface area contributed by atoms with Gasteiger partial charge in [-0.1, -0.05) is 19.1 Å². The number of hydrogen-bond donors (Lipinski definition) is 0. The summed E-state index contributed by atoms with van der Waals surface area (Å²) < 4.78 is 10.6. The van der Waals surface area contributed by atoms with E-state index in [0.29, 0.717) is 19.6 Å². The van der Waals surface area contributed by atoms with Gasteiger partial charge in [0.25, 0.3) is 0 Å². The molecule has 0 aliphatic carbocycles. The number of nitrogens with zero attached hydrogens (tertiary/aromatic N) is 3. The lowest BCUT2D eigenvalue weighted by atomic mass is 10.1. The van der Waals surface area contributed by atoms with Crippen LogP contribution >= 0.6 is 0 Å². The van der Waals surface area contributed by atoms with Gasteiger partial charge in [-0.3, -0.25) is 14.5 Å². The minimum atomic E-state index is -0.110. The van der Waals surface area contributed by atoms with Gasteiger partial charge in [-0.05, 0) is 17.7 Å². The van der Waals surface area contributed by atoms with Crippen molar-refractivity contribution < 1.29 is 19.1 Å². The topological polar surface area (TPSA) is 62.3 Å². The number of morpholine rings is 1. The molecule has 2 heterocycles. The number of ether oxygens (including phenoxy) is 2. The molecule has 0 spiro atoms. The quantitative estimate of drug-likeness (QED) is 0.737. The largest absolute Gasteiger partial charge is 0.497 e. The van der Waals surface area contributed by atoms with Gasteiger partial charge in [0.1, 0.15) is 5.75 Å². The van der Waals surface area contributed by atoms with Crippen molar-refractivity contribution in [3.8, 4) is 5.75 Å². The summed E-state index contributed by atoms with van der Waals surface area (Å²) in [5, 5.41) is 0. The predicted molar refractivity (Wildman–Crippen MR) is 101 cm³/mol. The van der Waals surface area contributed by atoms with Crippen LogP contribution in [0.25, 0.3) is 0 Å². The van der Waals surface area contributed by atoms with Crippen LogP contribution in [-0.4, -0.2) is 86.1 Å². The summed E-state index contributed by atoms with van der Waals surface area (Å²) in [4.78, 5) is 31.1. The second-order valence-corrected chi connectivity index (χ2v) is 7.24. The molecule has 0 aromatic heterocycles. The summed E-state index contributed by atoms with van der Waals surface area (Å²) >= 11 is 0. The van der Waals surface area contributed by atoms with Crippen LogP contribution in [0.4, 0.5) is 0 Å². The Balaban J connectivity index is 1.51. The summed E-state index contributed by atoms with van der Waals surface area (Å²) in [6, 6.07) is 7.73.